The number of nitrogens with one attached hydrogen (secondary N) is 3. The predicted octanol–water partition coefficient (Wildman–Crippen LogP) is 3.89. The van der Waals surface area contributed by atoms with Crippen molar-refractivity contribution in [2.24, 2.45) is 0 Å². The molecule has 0 saturated carbocycles. The first-order valence-corrected chi connectivity index (χ1v) is 11.8. The molecule has 0 unspecified atom stereocenters. The molecule has 1 amide bonds. The molecule has 3 aromatic rings. The van der Waals surface area contributed by atoms with Gasteiger partial charge in [0.15, 0.2) is 28.8 Å². The van der Waals surface area contributed by atoms with Crippen LogP contribution >= 0.6 is 0 Å². The highest BCUT2D eigenvalue weighted by Crippen LogP contribution is 2.36. The van der Waals surface area contributed by atoms with Gasteiger partial charge in [-0.25, -0.2) is 14.4 Å². The van der Waals surface area contributed by atoms with Gasteiger partial charge in [0.05, 0.1) is 24.9 Å². The highest BCUT2D eigenvalue weighted by atomic mass is 19.1. The molecule has 186 valence electrons. The fraction of sp³-hybridized carbons (Fsp3) is 0.360. The van der Waals surface area contributed by atoms with Gasteiger partial charge in [0.2, 0.25) is 5.95 Å². The van der Waals surface area contributed by atoms with Crippen molar-refractivity contribution < 1.29 is 18.7 Å². The molecular formula is C25H26FN7O3. The zero-order chi connectivity index (χ0) is 25.0. The van der Waals surface area contributed by atoms with Crippen LogP contribution in [0.3, 0.4) is 0 Å². The Labute approximate surface area is 207 Å². The molecule has 2 saturated heterocycles. The van der Waals surface area contributed by atoms with Gasteiger partial charge in [-0.3, -0.25) is 4.79 Å². The van der Waals surface area contributed by atoms with Crippen molar-refractivity contribution in [2.45, 2.75) is 44.9 Å². The minimum Gasteiger partial charge on any atom is -0.474 e. The molecule has 10 nitrogen and oxygen atoms in total. The predicted molar refractivity (Wildman–Crippen MR) is 133 cm³/mol. The summed E-state index contributed by atoms with van der Waals surface area (Å²) in [5.74, 6) is 0.214. The van der Waals surface area contributed by atoms with Gasteiger partial charge < -0.3 is 30.3 Å². The van der Waals surface area contributed by atoms with Crippen LogP contribution in [0.25, 0.3) is 0 Å². The normalized spacial score (nSPS) is 21.6. The van der Waals surface area contributed by atoms with E-state index in [9.17, 15) is 9.18 Å². The number of aromatic nitrogens is 3. The van der Waals surface area contributed by atoms with E-state index in [1.54, 1.807) is 26.0 Å². The molecule has 1 aromatic carbocycles. The molecule has 11 heteroatoms. The van der Waals surface area contributed by atoms with Gasteiger partial charge in [0.25, 0.3) is 5.91 Å². The maximum absolute atomic E-state index is 14.5. The summed E-state index contributed by atoms with van der Waals surface area (Å²) < 4.78 is 25.9. The van der Waals surface area contributed by atoms with Crippen molar-refractivity contribution in [3.05, 3.63) is 47.9 Å². The van der Waals surface area contributed by atoms with Crippen molar-refractivity contribution in [3.63, 3.8) is 0 Å². The van der Waals surface area contributed by atoms with Crippen LogP contribution < -0.4 is 25.6 Å². The van der Waals surface area contributed by atoms with Gasteiger partial charge >= 0.3 is 0 Å². The first-order valence-electron chi connectivity index (χ1n) is 11.8. The molecule has 2 atom stereocenters. The first-order chi connectivity index (χ1) is 17.2. The Kier molecular flexibility index (Phi) is 5.18. The molecule has 0 spiro atoms. The van der Waals surface area contributed by atoms with E-state index in [0.717, 1.165) is 37.0 Å². The average Bonchev–Trinajstić information content (AvgIpc) is 3.46. The molecule has 2 bridgehead atoms. The van der Waals surface area contributed by atoms with Crippen LogP contribution in [0.1, 0.15) is 25.8 Å². The number of nitrogens with zero attached hydrogens (tertiary/aromatic N) is 4. The number of carbonyl (C=O) groups is 1. The smallest absolute Gasteiger partial charge is 0.269 e. The van der Waals surface area contributed by atoms with Gasteiger partial charge in [-0.2, -0.15) is 4.98 Å². The third-order valence-electron chi connectivity index (χ3n) is 6.66. The lowest BCUT2D eigenvalue weighted by atomic mass is 10.1. The largest absolute Gasteiger partial charge is 0.474 e. The second kappa shape index (κ2) is 8.30. The standard InChI is InChI=1S/C25H26FN7O3/c1-13-8-14(4-5-18(13)33-11-16-9-15(33)12-35-16)28-24-27-10-17(26)21(32-24)29-20-7-6-19-22(30-20)31-23(34)25(2,3)36-19/h4-8,10,15-16H,9,11-12H2,1-3H3,(H3,27,28,29,30,31,32,34)/t15-,16-/m0/s1. The Bertz CT molecular complexity index is 1370. The third-order valence-corrected chi connectivity index (χ3v) is 6.66. The maximum Gasteiger partial charge on any atom is 0.269 e. The molecule has 5 heterocycles. The van der Waals surface area contributed by atoms with E-state index in [1.807, 2.05) is 12.1 Å². The van der Waals surface area contributed by atoms with Crippen molar-refractivity contribution in [2.75, 3.05) is 34.0 Å². The summed E-state index contributed by atoms with van der Waals surface area (Å²) in [4.78, 5) is 27.3. The van der Waals surface area contributed by atoms with E-state index in [4.69, 9.17) is 9.47 Å². The summed E-state index contributed by atoms with van der Waals surface area (Å²) in [7, 11) is 0. The lowest BCUT2D eigenvalue weighted by Gasteiger charge is -2.30. The minimum absolute atomic E-state index is 0.0511. The fourth-order valence-electron chi connectivity index (χ4n) is 4.78. The van der Waals surface area contributed by atoms with Gasteiger partial charge in [-0.15, -0.1) is 0 Å². The number of halogens is 1. The number of amides is 1. The number of fused-ring (bicyclic) bond motifs is 3. The summed E-state index contributed by atoms with van der Waals surface area (Å²) in [6, 6.07) is 9.79. The molecular weight excluding hydrogens is 465 g/mol. The summed E-state index contributed by atoms with van der Waals surface area (Å²) in [6.07, 6.45) is 2.49. The number of carbonyl (C=O) groups excluding carboxylic acids is 1. The fourth-order valence-corrected chi connectivity index (χ4v) is 4.78. The Morgan fingerprint density at radius 2 is 2.06 bits per heavy atom. The number of anilines is 6. The zero-order valence-electron chi connectivity index (χ0n) is 20.1. The van der Waals surface area contributed by atoms with E-state index in [0.29, 0.717) is 23.7 Å². The quantitative estimate of drug-likeness (QED) is 0.489. The van der Waals surface area contributed by atoms with E-state index in [-0.39, 0.29) is 23.5 Å². The van der Waals surface area contributed by atoms with Crippen molar-refractivity contribution in [3.8, 4) is 5.75 Å². The molecule has 3 aliphatic heterocycles. The number of rotatable bonds is 5. The van der Waals surface area contributed by atoms with Crippen molar-refractivity contribution >= 4 is 40.7 Å². The Hall–Kier alpha value is -3.99. The number of ether oxygens (including phenoxy) is 2. The SMILES string of the molecule is Cc1cc(Nc2ncc(F)c(Nc3ccc4c(n3)NC(=O)C(C)(C)O4)n2)ccc1N1C[C@@H]2C[C@H]1CO2. The van der Waals surface area contributed by atoms with Crippen molar-refractivity contribution in [1.29, 1.82) is 0 Å². The third kappa shape index (κ3) is 4.05. The number of pyridine rings is 1. The molecule has 0 aliphatic carbocycles. The molecule has 0 radical (unpaired) electrons. The van der Waals surface area contributed by atoms with Gasteiger partial charge in [-0.05, 0) is 63.1 Å². The number of benzene rings is 1. The van der Waals surface area contributed by atoms with Crippen LogP contribution in [0.2, 0.25) is 0 Å². The van der Waals surface area contributed by atoms with Crippen LogP contribution in [-0.4, -0.2) is 51.8 Å². The highest BCUT2D eigenvalue weighted by Gasteiger charge is 2.39. The van der Waals surface area contributed by atoms with Crippen LogP contribution in [0.5, 0.6) is 5.75 Å². The maximum atomic E-state index is 14.5. The minimum atomic E-state index is -0.998. The van der Waals surface area contributed by atoms with Crippen molar-refractivity contribution in [1.82, 2.24) is 15.0 Å². The Balaban J connectivity index is 1.19. The van der Waals surface area contributed by atoms with Gasteiger partial charge in [0.1, 0.15) is 5.82 Å². The van der Waals surface area contributed by atoms with Crippen LogP contribution in [0.15, 0.2) is 36.5 Å². The average molecular weight is 492 g/mol. The summed E-state index contributed by atoms with van der Waals surface area (Å²) >= 11 is 0. The molecule has 6 rings (SSSR count). The van der Waals surface area contributed by atoms with Gasteiger partial charge in [0, 0.05) is 17.9 Å². The molecule has 36 heavy (non-hydrogen) atoms. The van der Waals surface area contributed by atoms with Gasteiger partial charge in [-0.1, -0.05) is 0 Å². The molecule has 2 aromatic heterocycles. The van der Waals surface area contributed by atoms with E-state index >= 15 is 0 Å². The second-order valence-electron chi connectivity index (χ2n) is 9.75. The summed E-state index contributed by atoms with van der Waals surface area (Å²) in [5.41, 5.74) is 2.11. The summed E-state index contributed by atoms with van der Waals surface area (Å²) in [5, 5.41) is 8.71. The monoisotopic (exact) mass is 491 g/mol. The number of aryl methyl sites for hydroxylation is 1. The van der Waals surface area contributed by atoms with E-state index < -0.39 is 11.4 Å². The van der Waals surface area contributed by atoms with Crippen LogP contribution in [0.4, 0.5) is 39.2 Å². The van der Waals surface area contributed by atoms with E-state index in [2.05, 4.69) is 48.8 Å². The lowest BCUT2D eigenvalue weighted by molar-refractivity contribution is -0.129. The number of hydrogen-bond acceptors (Lipinski definition) is 9. The van der Waals surface area contributed by atoms with Crippen LogP contribution in [-0.2, 0) is 9.53 Å². The summed E-state index contributed by atoms with van der Waals surface area (Å²) in [6.45, 7) is 7.10. The molecule has 2 fully saturated rings. The second-order valence-corrected chi connectivity index (χ2v) is 9.75. The topological polar surface area (TPSA) is 114 Å². The molecule has 3 aliphatic rings. The number of morpholine rings is 1. The highest BCUT2D eigenvalue weighted by molar-refractivity contribution is 5.99. The zero-order valence-corrected chi connectivity index (χ0v) is 20.1. The Morgan fingerprint density at radius 1 is 1.19 bits per heavy atom. The number of hydrogen-bond donors (Lipinski definition) is 3. The van der Waals surface area contributed by atoms with Crippen LogP contribution in [0, 0.1) is 12.7 Å². The lowest BCUT2D eigenvalue weighted by Crippen LogP contribution is -2.46. The molecule has 3 N–H and O–H groups in total. The first kappa shape index (κ1) is 22.5. The Morgan fingerprint density at radius 3 is 2.81 bits per heavy atom. The van der Waals surface area contributed by atoms with E-state index in [1.165, 1.54) is 5.69 Å².